The van der Waals surface area contributed by atoms with Crippen LogP contribution < -0.4 is 11.1 Å². The minimum absolute atomic E-state index is 0.317. The average Bonchev–Trinajstić information content (AvgIpc) is 2.91. The van der Waals surface area contributed by atoms with Crippen molar-refractivity contribution < 1.29 is 9.53 Å². The van der Waals surface area contributed by atoms with Gasteiger partial charge in [-0.15, -0.1) is 0 Å². The van der Waals surface area contributed by atoms with Crippen LogP contribution in [0.3, 0.4) is 0 Å². The van der Waals surface area contributed by atoms with Crippen LogP contribution in [0.1, 0.15) is 29.6 Å². The molecule has 2 aliphatic rings. The zero-order chi connectivity index (χ0) is 11.8. The maximum absolute atomic E-state index is 10.9. The van der Waals surface area contributed by atoms with Crippen LogP contribution in [0.2, 0.25) is 0 Å². The molecule has 1 aromatic rings. The van der Waals surface area contributed by atoms with Gasteiger partial charge in [-0.3, -0.25) is 4.79 Å². The first-order chi connectivity index (χ1) is 8.22. The topological polar surface area (TPSA) is 77.2 Å². The molecule has 2 aliphatic heterocycles. The Morgan fingerprint density at radius 2 is 2.35 bits per heavy atom. The molecule has 5 nitrogen and oxygen atoms in total. The number of amides is 1. The van der Waals surface area contributed by atoms with Crippen molar-refractivity contribution >= 4 is 11.7 Å². The zero-order valence-electron chi connectivity index (χ0n) is 9.43. The number of hydrogen-bond acceptors (Lipinski definition) is 4. The van der Waals surface area contributed by atoms with E-state index in [2.05, 4.69) is 10.3 Å². The second-order valence-corrected chi connectivity index (χ2v) is 4.66. The third-order valence-corrected chi connectivity index (χ3v) is 3.49. The minimum atomic E-state index is -0.452. The third kappa shape index (κ3) is 1.98. The minimum Gasteiger partial charge on any atom is -0.373 e. The van der Waals surface area contributed by atoms with E-state index in [-0.39, 0.29) is 0 Å². The summed E-state index contributed by atoms with van der Waals surface area (Å²) in [7, 11) is 0. The van der Waals surface area contributed by atoms with Crippen LogP contribution in [-0.2, 0) is 4.74 Å². The lowest BCUT2D eigenvalue weighted by atomic mass is 9.95. The number of anilines is 1. The lowest BCUT2D eigenvalue weighted by Crippen LogP contribution is -2.30. The van der Waals surface area contributed by atoms with Gasteiger partial charge in [0.15, 0.2) is 0 Å². The predicted octanol–water partition coefficient (Wildman–Crippen LogP) is 0.912. The molecule has 1 aromatic heterocycles. The Bertz CT molecular complexity index is 432. The van der Waals surface area contributed by atoms with Gasteiger partial charge in [0, 0.05) is 6.20 Å². The number of pyridine rings is 1. The number of nitrogens with zero attached hydrogens (tertiary/aromatic N) is 1. The molecule has 0 radical (unpaired) electrons. The quantitative estimate of drug-likeness (QED) is 0.813. The number of nitrogens with one attached hydrogen (secondary N) is 1. The molecule has 3 unspecified atom stereocenters. The van der Waals surface area contributed by atoms with Crippen molar-refractivity contribution in [1.82, 2.24) is 4.98 Å². The van der Waals surface area contributed by atoms with E-state index in [1.54, 1.807) is 12.1 Å². The normalized spacial score (nSPS) is 30.5. The van der Waals surface area contributed by atoms with Crippen LogP contribution in [0.15, 0.2) is 18.3 Å². The van der Waals surface area contributed by atoms with Crippen LogP contribution in [0, 0.1) is 0 Å². The number of ether oxygens (including phenoxy) is 1. The predicted molar refractivity (Wildman–Crippen MR) is 62.7 cm³/mol. The first-order valence-electron chi connectivity index (χ1n) is 5.90. The Kier molecular flexibility index (Phi) is 2.48. The molecule has 90 valence electrons. The Labute approximate surface area is 99.4 Å². The monoisotopic (exact) mass is 233 g/mol. The van der Waals surface area contributed by atoms with Crippen molar-refractivity contribution in [3.8, 4) is 0 Å². The van der Waals surface area contributed by atoms with Gasteiger partial charge in [-0.25, -0.2) is 4.98 Å². The van der Waals surface area contributed by atoms with E-state index in [4.69, 9.17) is 10.5 Å². The number of carbonyl (C=O) groups is 1. The summed E-state index contributed by atoms with van der Waals surface area (Å²) >= 11 is 0. The van der Waals surface area contributed by atoms with Gasteiger partial charge in [-0.2, -0.15) is 0 Å². The molecule has 3 heterocycles. The SMILES string of the molecule is NC(=O)c1ccc(NC2CC3CCC2O3)nc1. The molecule has 2 saturated heterocycles. The van der Waals surface area contributed by atoms with E-state index >= 15 is 0 Å². The number of primary amides is 1. The van der Waals surface area contributed by atoms with E-state index in [9.17, 15) is 4.79 Å². The number of nitrogens with two attached hydrogens (primary N) is 1. The maximum Gasteiger partial charge on any atom is 0.250 e. The molecule has 3 rings (SSSR count). The summed E-state index contributed by atoms with van der Waals surface area (Å²) in [5.41, 5.74) is 5.59. The van der Waals surface area contributed by atoms with Crippen molar-refractivity contribution in [1.29, 1.82) is 0 Å². The van der Waals surface area contributed by atoms with Crippen molar-refractivity contribution in [3.05, 3.63) is 23.9 Å². The van der Waals surface area contributed by atoms with Gasteiger partial charge in [0.05, 0.1) is 23.8 Å². The first-order valence-corrected chi connectivity index (χ1v) is 5.90. The second kappa shape index (κ2) is 4.00. The van der Waals surface area contributed by atoms with Crippen LogP contribution >= 0.6 is 0 Å². The molecule has 2 bridgehead atoms. The summed E-state index contributed by atoms with van der Waals surface area (Å²) in [6, 6.07) is 3.82. The Balaban J connectivity index is 1.67. The number of carbonyl (C=O) groups excluding carboxylic acids is 1. The van der Waals surface area contributed by atoms with E-state index in [0.717, 1.165) is 18.7 Å². The largest absolute Gasteiger partial charge is 0.373 e. The van der Waals surface area contributed by atoms with Crippen molar-refractivity contribution in [3.63, 3.8) is 0 Å². The van der Waals surface area contributed by atoms with Gasteiger partial charge in [0.2, 0.25) is 5.91 Å². The second-order valence-electron chi connectivity index (χ2n) is 4.66. The molecule has 17 heavy (non-hydrogen) atoms. The molecule has 2 fully saturated rings. The van der Waals surface area contributed by atoms with Gasteiger partial charge in [-0.1, -0.05) is 0 Å². The molecule has 5 heteroatoms. The zero-order valence-corrected chi connectivity index (χ0v) is 9.43. The molecular weight excluding hydrogens is 218 g/mol. The highest BCUT2D eigenvalue weighted by Crippen LogP contribution is 2.35. The summed E-state index contributed by atoms with van der Waals surface area (Å²) in [4.78, 5) is 15.1. The smallest absolute Gasteiger partial charge is 0.250 e. The highest BCUT2D eigenvalue weighted by Gasteiger charge is 2.40. The summed E-state index contributed by atoms with van der Waals surface area (Å²) in [6.07, 6.45) is 5.58. The van der Waals surface area contributed by atoms with Crippen LogP contribution in [-0.4, -0.2) is 29.1 Å². The Morgan fingerprint density at radius 1 is 1.47 bits per heavy atom. The summed E-state index contributed by atoms with van der Waals surface area (Å²) in [5, 5.41) is 3.35. The van der Waals surface area contributed by atoms with E-state index in [0.29, 0.717) is 23.8 Å². The van der Waals surface area contributed by atoms with Gasteiger partial charge >= 0.3 is 0 Å². The molecule has 1 amide bonds. The molecule has 0 aliphatic carbocycles. The van der Waals surface area contributed by atoms with Gasteiger partial charge in [-0.05, 0) is 31.4 Å². The number of hydrogen-bond donors (Lipinski definition) is 2. The Hall–Kier alpha value is -1.62. The van der Waals surface area contributed by atoms with Gasteiger partial charge < -0.3 is 15.8 Å². The number of fused-ring (bicyclic) bond motifs is 2. The summed E-state index contributed by atoms with van der Waals surface area (Å²) < 4.78 is 5.75. The average molecular weight is 233 g/mol. The molecular formula is C12H15N3O2. The molecule has 0 aromatic carbocycles. The first kappa shape index (κ1) is 10.5. The van der Waals surface area contributed by atoms with Crippen molar-refractivity contribution in [2.24, 2.45) is 5.73 Å². The van der Waals surface area contributed by atoms with Gasteiger partial charge in [0.25, 0.3) is 0 Å². The molecule has 3 N–H and O–H groups in total. The van der Waals surface area contributed by atoms with Crippen LogP contribution in [0.5, 0.6) is 0 Å². The molecule has 3 atom stereocenters. The molecule has 0 spiro atoms. The number of rotatable bonds is 3. The third-order valence-electron chi connectivity index (χ3n) is 3.49. The van der Waals surface area contributed by atoms with Crippen LogP contribution in [0.25, 0.3) is 0 Å². The van der Waals surface area contributed by atoms with Gasteiger partial charge in [0.1, 0.15) is 5.82 Å². The fourth-order valence-corrected chi connectivity index (χ4v) is 2.60. The summed E-state index contributed by atoms with van der Waals surface area (Å²) in [5.74, 6) is 0.323. The van der Waals surface area contributed by atoms with E-state index in [1.165, 1.54) is 12.6 Å². The maximum atomic E-state index is 10.9. The Morgan fingerprint density at radius 3 is 2.88 bits per heavy atom. The summed E-state index contributed by atoms with van der Waals surface area (Å²) in [6.45, 7) is 0. The highest BCUT2D eigenvalue weighted by atomic mass is 16.5. The lowest BCUT2D eigenvalue weighted by molar-refractivity contribution is 0.0999. The van der Waals surface area contributed by atoms with E-state index < -0.39 is 5.91 Å². The fourth-order valence-electron chi connectivity index (χ4n) is 2.60. The lowest BCUT2D eigenvalue weighted by Gasteiger charge is -2.20. The number of aromatic nitrogens is 1. The van der Waals surface area contributed by atoms with Crippen LogP contribution in [0.4, 0.5) is 5.82 Å². The van der Waals surface area contributed by atoms with Crippen molar-refractivity contribution in [2.45, 2.75) is 37.5 Å². The van der Waals surface area contributed by atoms with Crippen molar-refractivity contribution in [2.75, 3.05) is 5.32 Å². The standard InChI is InChI=1S/C12H15N3O2/c13-12(16)7-1-4-11(14-6-7)15-9-5-8-2-3-10(9)17-8/h1,4,6,8-10H,2-3,5H2,(H2,13,16)(H,14,15). The van der Waals surface area contributed by atoms with E-state index in [1.807, 2.05) is 0 Å². The fraction of sp³-hybridized carbons (Fsp3) is 0.500. The highest BCUT2D eigenvalue weighted by molar-refractivity contribution is 5.92. The molecule has 0 saturated carbocycles.